The maximum atomic E-state index is 11.1. The second kappa shape index (κ2) is 6.99. The zero-order valence-electron chi connectivity index (χ0n) is 10.3. The number of rotatable bonds is 6. The highest BCUT2D eigenvalue weighted by Crippen LogP contribution is 2.16. The lowest BCUT2D eigenvalue weighted by atomic mass is 9.83. The van der Waals surface area contributed by atoms with Crippen LogP contribution in [0.4, 0.5) is 0 Å². The third-order valence-electron chi connectivity index (χ3n) is 2.64. The fourth-order valence-corrected chi connectivity index (χ4v) is 1.59. The number of methoxy groups -OCH3 is 2. The quantitative estimate of drug-likeness (QED) is 0.556. The first kappa shape index (κ1) is 13.6. The second-order valence-electron chi connectivity index (χ2n) is 3.87. The Bertz CT molecular complexity index is 348. The van der Waals surface area contributed by atoms with Gasteiger partial charge in [-0.25, -0.2) is 0 Å². The molecule has 17 heavy (non-hydrogen) atoms. The molecule has 90 valence electrons. The van der Waals surface area contributed by atoms with Crippen molar-refractivity contribution in [2.24, 2.45) is 0 Å². The van der Waals surface area contributed by atoms with Crippen LogP contribution in [0.25, 0.3) is 0 Å². The minimum absolute atomic E-state index is 0.347. The fraction of sp³-hybridized carbons (Fsp3) is 0.462. The molecule has 1 rings (SSSR count). The molecule has 0 bridgehead atoms. The van der Waals surface area contributed by atoms with Crippen molar-refractivity contribution in [3.63, 3.8) is 0 Å². The summed E-state index contributed by atoms with van der Waals surface area (Å²) in [6.45, 7) is 0. The molecule has 1 atom stereocenters. The Hall–Kier alpha value is -1.45. The maximum Gasteiger partial charge on any atom is 0.299 e. The highest BCUT2D eigenvalue weighted by molar-refractivity contribution is 6.22. The van der Waals surface area contributed by atoms with Crippen molar-refractivity contribution in [3.8, 4) is 5.75 Å². The lowest BCUT2D eigenvalue weighted by molar-refractivity contribution is -0.140. The van der Waals surface area contributed by atoms with Gasteiger partial charge in [0.1, 0.15) is 5.75 Å². The summed E-state index contributed by atoms with van der Waals surface area (Å²) in [5.74, 6) is -0.0157. The average Bonchev–Trinajstić information content (AvgIpc) is 2.38. The van der Waals surface area contributed by atoms with Gasteiger partial charge in [0, 0.05) is 5.82 Å². The van der Waals surface area contributed by atoms with Gasteiger partial charge in [-0.1, -0.05) is 12.1 Å². The predicted molar refractivity (Wildman–Crippen MR) is 67.5 cm³/mol. The summed E-state index contributed by atoms with van der Waals surface area (Å²) in [5.41, 5.74) is 1.21. The topological polar surface area (TPSA) is 35.5 Å². The lowest BCUT2D eigenvalue weighted by Gasteiger charge is -2.09. The van der Waals surface area contributed by atoms with Crippen molar-refractivity contribution >= 4 is 13.8 Å². The highest BCUT2D eigenvalue weighted by atomic mass is 16.5. The summed E-state index contributed by atoms with van der Waals surface area (Å²) >= 11 is 0. The molecular formula is C13H17BO3. The molecular weight excluding hydrogens is 215 g/mol. The Morgan fingerprint density at radius 3 is 2.47 bits per heavy atom. The van der Waals surface area contributed by atoms with Gasteiger partial charge in [-0.3, -0.25) is 4.79 Å². The maximum absolute atomic E-state index is 11.1. The minimum Gasteiger partial charge on any atom is -0.497 e. The van der Waals surface area contributed by atoms with Crippen molar-refractivity contribution < 1.29 is 14.3 Å². The van der Waals surface area contributed by atoms with Crippen molar-refractivity contribution in [2.75, 3.05) is 14.2 Å². The van der Waals surface area contributed by atoms with Crippen molar-refractivity contribution in [1.82, 2.24) is 0 Å². The molecule has 0 aliphatic rings. The molecule has 4 heteroatoms. The number of hydrogen-bond acceptors (Lipinski definition) is 3. The van der Waals surface area contributed by atoms with E-state index in [0.29, 0.717) is 6.42 Å². The first-order valence-corrected chi connectivity index (χ1v) is 5.63. The molecule has 0 saturated heterocycles. The van der Waals surface area contributed by atoms with E-state index in [1.54, 1.807) is 7.11 Å². The first-order valence-electron chi connectivity index (χ1n) is 5.63. The van der Waals surface area contributed by atoms with Crippen LogP contribution in [0.2, 0.25) is 5.82 Å². The Kier molecular flexibility index (Phi) is 5.60. The largest absolute Gasteiger partial charge is 0.497 e. The second-order valence-corrected chi connectivity index (χ2v) is 3.87. The van der Waals surface area contributed by atoms with Crippen LogP contribution in [0.5, 0.6) is 5.75 Å². The first-order chi connectivity index (χ1) is 8.17. The average molecular weight is 232 g/mol. The Morgan fingerprint density at radius 2 is 1.94 bits per heavy atom. The van der Waals surface area contributed by atoms with E-state index in [1.165, 1.54) is 12.7 Å². The van der Waals surface area contributed by atoms with Gasteiger partial charge < -0.3 is 9.47 Å². The summed E-state index contributed by atoms with van der Waals surface area (Å²) in [4.78, 5) is 11.1. The van der Waals surface area contributed by atoms with E-state index in [-0.39, 0.29) is 5.97 Å². The molecule has 0 saturated carbocycles. The molecule has 1 aromatic rings. The number of esters is 1. The monoisotopic (exact) mass is 232 g/mol. The molecule has 3 nitrogen and oxygen atoms in total. The minimum atomic E-state index is -0.516. The van der Waals surface area contributed by atoms with Gasteiger partial charge in [0.15, 0.2) is 0 Å². The van der Waals surface area contributed by atoms with Crippen LogP contribution in [-0.2, 0) is 16.0 Å². The normalized spacial score (nSPS) is 11.9. The van der Waals surface area contributed by atoms with E-state index >= 15 is 0 Å². The van der Waals surface area contributed by atoms with Gasteiger partial charge in [0.2, 0.25) is 0 Å². The summed E-state index contributed by atoms with van der Waals surface area (Å²) in [5, 5.41) is 0. The Labute approximate surface area is 104 Å². The Morgan fingerprint density at radius 1 is 1.29 bits per heavy atom. The zero-order valence-corrected chi connectivity index (χ0v) is 10.3. The van der Waals surface area contributed by atoms with E-state index in [0.717, 1.165) is 18.6 Å². The predicted octanol–water partition coefficient (Wildman–Crippen LogP) is 2.15. The molecule has 0 heterocycles. The Balaban J connectivity index is 2.33. The summed E-state index contributed by atoms with van der Waals surface area (Å²) in [6.07, 6.45) is 2.40. The van der Waals surface area contributed by atoms with Gasteiger partial charge in [-0.05, 0) is 37.0 Å². The summed E-state index contributed by atoms with van der Waals surface area (Å²) < 4.78 is 9.64. The van der Waals surface area contributed by atoms with E-state index in [9.17, 15) is 4.79 Å². The van der Waals surface area contributed by atoms with Crippen LogP contribution in [0.3, 0.4) is 0 Å². The fourth-order valence-electron chi connectivity index (χ4n) is 1.59. The molecule has 0 aromatic heterocycles. The molecule has 1 aromatic carbocycles. The molecule has 0 amide bonds. The van der Waals surface area contributed by atoms with Gasteiger partial charge in [0.25, 0.3) is 5.97 Å². The van der Waals surface area contributed by atoms with Crippen LogP contribution in [0.1, 0.15) is 18.4 Å². The summed E-state index contributed by atoms with van der Waals surface area (Å²) in [6, 6.07) is 7.89. The van der Waals surface area contributed by atoms with Crippen molar-refractivity contribution in [1.29, 1.82) is 0 Å². The number of benzene rings is 1. The number of carbonyl (C=O) groups is 1. The van der Waals surface area contributed by atoms with Crippen LogP contribution in [0.15, 0.2) is 24.3 Å². The molecule has 0 fully saturated rings. The van der Waals surface area contributed by atoms with Gasteiger partial charge in [-0.2, -0.15) is 0 Å². The molecule has 1 unspecified atom stereocenters. The van der Waals surface area contributed by atoms with Gasteiger partial charge in [0.05, 0.1) is 22.1 Å². The third kappa shape index (κ3) is 4.51. The van der Waals surface area contributed by atoms with Gasteiger partial charge >= 0.3 is 0 Å². The smallest absolute Gasteiger partial charge is 0.299 e. The van der Waals surface area contributed by atoms with E-state index in [1.807, 2.05) is 24.3 Å². The van der Waals surface area contributed by atoms with Crippen LogP contribution < -0.4 is 4.74 Å². The highest BCUT2D eigenvalue weighted by Gasteiger charge is 2.11. The van der Waals surface area contributed by atoms with Crippen molar-refractivity contribution in [3.05, 3.63) is 29.8 Å². The van der Waals surface area contributed by atoms with E-state index in [4.69, 9.17) is 12.6 Å². The number of ether oxygens (including phenoxy) is 2. The number of carbonyl (C=O) groups excluding carboxylic acids is 1. The lowest BCUT2D eigenvalue weighted by Crippen LogP contribution is -2.10. The van der Waals surface area contributed by atoms with Gasteiger partial charge in [-0.15, -0.1) is 0 Å². The number of hydrogen-bond donors (Lipinski definition) is 0. The standard InChI is InChI=1S/C13H17BO3/c1-16-11-8-6-10(7-9-11)4-3-5-12(14)13(15)17-2/h6-9,12H,3-5H2,1-2H3. The van der Waals surface area contributed by atoms with Crippen LogP contribution in [0, 0.1) is 0 Å². The molecule has 2 radical (unpaired) electrons. The zero-order chi connectivity index (χ0) is 12.7. The van der Waals surface area contributed by atoms with Crippen LogP contribution in [-0.4, -0.2) is 28.0 Å². The van der Waals surface area contributed by atoms with Crippen molar-refractivity contribution in [2.45, 2.75) is 25.1 Å². The van der Waals surface area contributed by atoms with Crippen LogP contribution >= 0.6 is 0 Å². The number of aryl methyl sites for hydroxylation is 1. The third-order valence-corrected chi connectivity index (χ3v) is 2.64. The molecule has 0 aliphatic heterocycles. The van der Waals surface area contributed by atoms with E-state index in [2.05, 4.69) is 4.74 Å². The molecule has 0 aliphatic carbocycles. The molecule has 0 spiro atoms. The SMILES string of the molecule is [B]C(CCCc1ccc(OC)cc1)C(=O)OC. The summed E-state index contributed by atoms with van der Waals surface area (Å²) in [7, 11) is 8.64. The molecule has 0 N–H and O–H groups in total. The van der Waals surface area contributed by atoms with E-state index < -0.39 is 5.82 Å².